The Bertz CT molecular complexity index is 366. The van der Waals surface area contributed by atoms with E-state index in [0.717, 1.165) is 5.69 Å². The molecule has 3 N–H and O–H groups in total. The summed E-state index contributed by atoms with van der Waals surface area (Å²) in [6.45, 7) is 7.60. The molecule has 0 heterocycles. The molecule has 80 valence electrons. The maximum atomic E-state index is 11.2. The Morgan fingerprint density at radius 3 is 2.27 bits per heavy atom. The summed E-state index contributed by atoms with van der Waals surface area (Å²) < 4.78 is 0. The molecule has 0 aliphatic rings. The molecular weight excluding hydrogens is 188 g/mol. The molecule has 0 aliphatic heterocycles. The lowest BCUT2D eigenvalue weighted by Crippen LogP contribution is -2.18. The first-order valence-corrected chi connectivity index (χ1v) is 4.86. The molecule has 3 nitrogen and oxygen atoms in total. The lowest BCUT2D eigenvalue weighted by Gasteiger charge is -2.07. The zero-order chi connectivity index (χ0) is 11.4. The predicted octanol–water partition coefficient (Wildman–Crippen LogP) is 2.22. The maximum Gasteiger partial charge on any atom is 0.270 e. The fraction of sp³-hybridized carbons (Fsp3) is 0.250. The van der Waals surface area contributed by atoms with Crippen molar-refractivity contribution in [3.8, 4) is 0 Å². The summed E-state index contributed by atoms with van der Waals surface area (Å²) >= 11 is 0. The smallest absolute Gasteiger partial charge is 0.270 e. The minimum Gasteiger partial charge on any atom is -0.395 e. The normalized spacial score (nSPS) is 10.1. The Balaban J connectivity index is 2.73. The molecule has 0 saturated heterocycles. The van der Waals surface area contributed by atoms with Gasteiger partial charge in [0.2, 0.25) is 0 Å². The number of carbonyl (C=O) groups is 1. The minimum absolute atomic E-state index is 0.0166. The van der Waals surface area contributed by atoms with E-state index in [1.807, 2.05) is 24.3 Å². The van der Waals surface area contributed by atoms with Crippen LogP contribution in [0.2, 0.25) is 0 Å². The summed E-state index contributed by atoms with van der Waals surface area (Å²) in [5.41, 5.74) is 7.24. The number of nitrogens with one attached hydrogen (secondary N) is 1. The standard InChI is InChI=1S/C12H16N2O/c1-8(2)10-4-6-11(7-5-10)14-12(15)9(3)13/h4-8H,3,13H2,1-2H3,(H,14,15). The van der Waals surface area contributed by atoms with Crippen molar-refractivity contribution in [1.82, 2.24) is 0 Å². The van der Waals surface area contributed by atoms with E-state index in [-0.39, 0.29) is 11.6 Å². The third-order valence-corrected chi connectivity index (χ3v) is 2.13. The van der Waals surface area contributed by atoms with Gasteiger partial charge in [-0.15, -0.1) is 0 Å². The molecule has 0 spiro atoms. The van der Waals surface area contributed by atoms with Gasteiger partial charge in [-0.2, -0.15) is 0 Å². The third-order valence-electron chi connectivity index (χ3n) is 2.13. The summed E-state index contributed by atoms with van der Waals surface area (Å²) in [6, 6.07) is 7.69. The number of carbonyl (C=O) groups excluding carboxylic acids is 1. The largest absolute Gasteiger partial charge is 0.395 e. The number of anilines is 1. The highest BCUT2D eigenvalue weighted by atomic mass is 16.1. The highest BCUT2D eigenvalue weighted by Crippen LogP contribution is 2.17. The van der Waals surface area contributed by atoms with Crippen molar-refractivity contribution in [3.63, 3.8) is 0 Å². The molecule has 0 atom stereocenters. The van der Waals surface area contributed by atoms with E-state index in [4.69, 9.17) is 5.73 Å². The minimum atomic E-state index is -0.354. The molecule has 1 rings (SSSR count). The van der Waals surface area contributed by atoms with Crippen LogP contribution in [0.3, 0.4) is 0 Å². The monoisotopic (exact) mass is 204 g/mol. The van der Waals surface area contributed by atoms with Crippen molar-refractivity contribution in [2.45, 2.75) is 19.8 Å². The molecule has 0 bridgehead atoms. The summed E-state index contributed by atoms with van der Waals surface area (Å²) in [5.74, 6) is 0.131. The van der Waals surface area contributed by atoms with Gasteiger partial charge < -0.3 is 11.1 Å². The average molecular weight is 204 g/mol. The molecule has 3 heteroatoms. The van der Waals surface area contributed by atoms with Crippen LogP contribution in [0.25, 0.3) is 0 Å². The van der Waals surface area contributed by atoms with Crippen LogP contribution in [0.15, 0.2) is 36.5 Å². The van der Waals surface area contributed by atoms with Crippen molar-refractivity contribution in [2.24, 2.45) is 5.73 Å². The summed E-state index contributed by atoms with van der Waals surface area (Å²) in [5, 5.41) is 2.64. The van der Waals surface area contributed by atoms with Crippen molar-refractivity contribution in [2.75, 3.05) is 5.32 Å². The molecule has 1 aromatic rings. The van der Waals surface area contributed by atoms with Crippen LogP contribution < -0.4 is 11.1 Å². The molecule has 1 amide bonds. The van der Waals surface area contributed by atoms with Gasteiger partial charge in [-0.1, -0.05) is 32.6 Å². The molecule has 0 aliphatic carbocycles. The Labute approximate surface area is 90.0 Å². The van der Waals surface area contributed by atoms with Gasteiger partial charge in [0, 0.05) is 5.69 Å². The predicted molar refractivity (Wildman–Crippen MR) is 62.5 cm³/mol. The van der Waals surface area contributed by atoms with E-state index in [1.54, 1.807) is 0 Å². The Morgan fingerprint density at radius 1 is 1.33 bits per heavy atom. The van der Waals surface area contributed by atoms with Gasteiger partial charge in [0.25, 0.3) is 5.91 Å². The first-order valence-electron chi connectivity index (χ1n) is 4.86. The molecule has 15 heavy (non-hydrogen) atoms. The second-order valence-electron chi connectivity index (χ2n) is 3.76. The third kappa shape index (κ3) is 3.13. The SMILES string of the molecule is C=C(N)C(=O)Nc1ccc(C(C)C)cc1. The number of benzene rings is 1. The number of amides is 1. The zero-order valence-corrected chi connectivity index (χ0v) is 9.08. The quantitative estimate of drug-likeness (QED) is 0.742. The van der Waals surface area contributed by atoms with Crippen molar-refractivity contribution in [1.29, 1.82) is 0 Å². The van der Waals surface area contributed by atoms with E-state index >= 15 is 0 Å². The molecule has 0 aromatic heterocycles. The van der Waals surface area contributed by atoms with E-state index in [2.05, 4.69) is 25.7 Å². The van der Waals surface area contributed by atoms with Gasteiger partial charge in [-0.05, 0) is 23.6 Å². The van der Waals surface area contributed by atoms with Gasteiger partial charge in [-0.3, -0.25) is 4.79 Å². The van der Waals surface area contributed by atoms with Crippen LogP contribution in [0.1, 0.15) is 25.3 Å². The van der Waals surface area contributed by atoms with Gasteiger partial charge in [-0.25, -0.2) is 0 Å². The van der Waals surface area contributed by atoms with Crippen LogP contribution >= 0.6 is 0 Å². The Hall–Kier alpha value is -1.77. The lowest BCUT2D eigenvalue weighted by atomic mass is 10.0. The van der Waals surface area contributed by atoms with Crippen LogP contribution in [0.5, 0.6) is 0 Å². The molecule has 0 saturated carbocycles. The lowest BCUT2D eigenvalue weighted by molar-refractivity contribution is -0.112. The van der Waals surface area contributed by atoms with Gasteiger partial charge in [0.05, 0.1) is 5.70 Å². The molecule has 0 radical (unpaired) electrons. The fourth-order valence-electron chi connectivity index (χ4n) is 1.16. The topological polar surface area (TPSA) is 55.1 Å². The van der Waals surface area contributed by atoms with Crippen LogP contribution in [-0.2, 0) is 4.79 Å². The van der Waals surface area contributed by atoms with Crippen LogP contribution in [0, 0.1) is 0 Å². The summed E-state index contributed by atoms with van der Waals surface area (Å²) in [7, 11) is 0. The average Bonchev–Trinajstić information content (AvgIpc) is 2.18. The van der Waals surface area contributed by atoms with E-state index < -0.39 is 0 Å². The first-order chi connectivity index (χ1) is 7.00. The summed E-state index contributed by atoms with van der Waals surface area (Å²) in [6.07, 6.45) is 0. The number of nitrogens with two attached hydrogens (primary N) is 1. The van der Waals surface area contributed by atoms with Crippen molar-refractivity contribution in [3.05, 3.63) is 42.1 Å². The highest BCUT2D eigenvalue weighted by molar-refractivity contribution is 6.02. The Morgan fingerprint density at radius 2 is 1.87 bits per heavy atom. The van der Waals surface area contributed by atoms with E-state index in [0.29, 0.717) is 5.92 Å². The number of hydrogen-bond donors (Lipinski definition) is 2. The second-order valence-corrected chi connectivity index (χ2v) is 3.76. The molecule has 0 fully saturated rings. The van der Waals surface area contributed by atoms with Gasteiger partial charge in [0.15, 0.2) is 0 Å². The van der Waals surface area contributed by atoms with Gasteiger partial charge in [0.1, 0.15) is 0 Å². The molecular formula is C12H16N2O. The van der Waals surface area contributed by atoms with Gasteiger partial charge >= 0.3 is 0 Å². The summed E-state index contributed by atoms with van der Waals surface area (Å²) in [4.78, 5) is 11.2. The number of hydrogen-bond acceptors (Lipinski definition) is 2. The molecule has 0 unspecified atom stereocenters. The fourth-order valence-corrected chi connectivity index (χ4v) is 1.16. The van der Waals surface area contributed by atoms with E-state index in [9.17, 15) is 4.79 Å². The van der Waals surface area contributed by atoms with Crippen molar-refractivity contribution < 1.29 is 4.79 Å². The second kappa shape index (κ2) is 4.64. The van der Waals surface area contributed by atoms with E-state index in [1.165, 1.54) is 5.56 Å². The first kappa shape index (κ1) is 11.3. The van der Waals surface area contributed by atoms with Crippen molar-refractivity contribution >= 4 is 11.6 Å². The van der Waals surface area contributed by atoms with Crippen LogP contribution in [0.4, 0.5) is 5.69 Å². The number of rotatable bonds is 3. The zero-order valence-electron chi connectivity index (χ0n) is 9.08. The Kier molecular flexibility index (Phi) is 3.50. The van der Waals surface area contributed by atoms with Crippen LogP contribution in [-0.4, -0.2) is 5.91 Å². The molecule has 1 aromatic carbocycles. The highest BCUT2D eigenvalue weighted by Gasteiger charge is 2.03. The maximum absolute atomic E-state index is 11.2.